The zero-order chi connectivity index (χ0) is 15.0. The van der Waals surface area contributed by atoms with Crippen molar-refractivity contribution in [3.63, 3.8) is 0 Å². The van der Waals surface area contributed by atoms with Crippen molar-refractivity contribution in [2.24, 2.45) is 4.99 Å². The highest BCUT2D eigenvalue weighted by molar-refractivity contribution is 14.0. The third kappa shape index (κ3) is 8.21. The summed E-state index contributed by atoms with van der Waals surface area (Å²) in [5.74, 6) is 0.932. The lowest BCUT2D eigenvalue weighted by atomic mass is 10.2. The van der Waals surface area contributed by atoms with Crippen LogP contribution in [0.2, 0.25) is 0 Å². The Labute approximate surface area is 148 Å². The Morgan fingerprint density at radius 2 is 1.71 bits per heavy atom. The van der Waals surface area contributed by atoms with Crippen LogP contribution in [0, 0.1) is 0 Å². The Kier molecular flexibility index (Phi) is 11.4. The summed E-state index contributed by atoms with van der Waals surface area (Å²) in [5.41, 5.74) is 0. The number of piperazine rings is 1. The largest absolute Gasteiger partial charge is 0.357 e. The summed E-state index contributed by atoms with van der Waals surface area (Å²) in [4.78, 5) is 9.77. The van der Waals surface area contributed by atoms with E-state index in [1.54, 1.807) is 0 Å². The highest BCUT2D eigenvalue weighted by Gasteiger charge is 2.19. The maximum Gasteiger partial charge on any atom is 0.191 e. The zero-order valence-corrected chi connectivity index (χ0v) is 16.7. The Balaban J connectivity index is 0.00000400. The van der Waals surface area contributed by atoms with E-state index in [-0.39, 0.29) is 24.0 Å². The highest BCUT2D eigenvalue weighted by atomic mass is 127. The number of rotatable bonds is 6. The minimum absolute atomic E-state index is 0. The molecule has 21 heavy (non-hydrogen) atoms. The summed E-state index contributed by atoms with van der Waals surface area (Å²) in [5, 5.41) is 6.67. The first-order chi connectivity index (χ1) is 9.56. The minimum atomic E-state index is 0. The van der Waals surface area contributed by atoms with Gasteiger partial charge in [-0.05, 0) is 34.2 Å². The van der Waals surface area contributed by atoms with E-state index in [0.29, 0.717) is 12.1 Å². The van der Waals surface area contributed by atoms with Crippen LogP contribution in [0.15, 0.2) is 4.99 Å². The van der Waals surface area contributed by atoms with Crippen LogP contribution in [0.25, 0.3) is 0 Å². The highest BCUT2D eigenvalue weighted by Crippen LogP contribution is 2.06. The van der Waals surface area contributed by atoms with Crippen LogP contribution in [-0.2, 0) is 0 Å². The number of hydrogen-bond donors (Lipinski definition) is 2. The van der Waals surface area contributed by atoms with Crippen molar-refractivity contribution >= 4 is 29.9 Å². The SMILES string of the molecule is CCNC(=NCC(C)N1CCN(CC)CC1)NC(C)C.I. The molecule has 1 fully saturated rings. The van der Waals surface area contributed by atoms with Crippen LogP contribution in [-0.4, -0.2) is 73.7 Å². The smallest absolute Gasteiger partial charge is 0.191 e. The monoisotopic (exact) mass is 411 g/mol. The maximum atomic E-state index is 4.71. The van der Waals surface area contributed by atoms with Gasteiger partial charge in [-0.1, -0.05) is 6.92 Å². The van der Waals surface area contributed by atoms with Gasteiger partial charge in [-0.25, -0.2) is 0 Å². The van der Waals surface area contributed by atoms with E-state index < -0.39 is 0 Å². The first-order valence-corrected chi connectivity index (χ1v) is 8.08. The van der Waals surface area contributed by atoms with Gasteiger partial charge in [-0.3, -0.25) is 9.89 Å². The fourth-order valence-corrected chi connectivity index (χ4v) is 2.45. The third-order valence-corrected chi connectivity index (χ3v) is 3.76. The predicted molar refractivity (Wildman–Crippen MR) is 103 cm³/mol. The van der Waals surface area contributed by atoms with Crippen LogP contribution in [0.5, 0.6) is 0 Å². The fourth-order valence-electron chi connectivity index (χ4n) is 2.45. The first-order valence-electron chi connectivity index (χ1n) is 8.08. The van der Waals surface area contributed by atoms with Crippen molar-refractivity contribution in [1.82, 2.24) is 20.4 Å². The number of nitrogens with one attached hydrogen (secondary N) is 2. The van der Waals surface area contributed by atoms with Gasteiger partial charge in [-0.15, -0.1) is 24.0 Å². The average molecular weight is 411 g/mol. The lowest BCUT2D eigenvalue weighted by Crippen LogP contribution is -2.50. The summed E-state index contributed by atoms with van der Waals surface area (Å²) < 4.78 is 0. The van der Waals surface area contributed by atoms with Gasteiger partial charge >= 0.3 is 0 Å². The molecule has 1 aliphatic rings. The molecule has 126 valence electrons. The van der Waals surface area contributed by atoms with Crippen molar-refractivity contribution in [2.75, 3.05) is 45.8 Å². The molecule has 0 aliphatic carbocycles. The normalized spacial score (nSPS) is 19.2. The Bertz CT molecular complexity index is 288. The molecule has 0 radical (unpaired) electrons. The number of guanidine groups is 1. The van der Waals surface area contributed by atoms with Gasteiger partial charge in [0.25, 0.3) is 0 Å². The lowest BCUT2D eigenvalue weighted by molar-refractivity contribution is 0.109. The molecule has 0 saturated carbocycles. The second-order valence-corrected chi connectivity index (χ2v) is 5.84. The van der Waals surface area contributed by atoms with Gasteiger partial charge in [0.15, 0.2) is 5.96 Å². The van der Waals surface area contributed by atoms with Gasteiger partial charge in [0.2, 0.25) is 0 Å². The number of likely N-dealkylation sites (N-methyl/N-ethyl adjacent to an activating group) is 1. The number of aliphatic imine (C=N–C) groups is 1. The topological polar surface area (TPSA) is 42.9 Å². The molecule has 0 bridgehead atoms. The molecule has 1 saturated heterocycles. The van der Waals surface area contributed by atoms with E-state index >= 15 is 0 Å². The van der Waals surface area contributed by atoms with E-state index in [4.69, 9.17) is 4.99 Å². The van der Waals surface area contributed by atoms with Crippen molar-refractivity contribution < 1.29 is 0 Å². The standard InChI is InChI=1S/C15H33N5.HI/c1-6-16-15(18-13(3)4)17-12-14(5)20-10-8-19(7-2)9-11-20;/h13-14H,6-12H2,1-5H3,(H2,16,17,18);1H. The first kappa shape index (κ1) is 20.9. The van der Waals surface area contributed by atoms with Crippen LogP contribution in [0.3, 0.4) is 0 Å². The van der Waals surface area contributed by atoms with E-state index in [2.05, 4.69) is 55.1 Å². The predicted octanol–water partition coefficient (Wildman–Crippen LogP) is 1.59. The van der Waals surface area contributed by atoms with Crippen LogP contribution in [0.4, 0.5) is 0 Å². The lowest BCUT2D eigenvalue weighted by Gasteiger charge is -2.37. The number of hydrogen-bond acceptors (Lipinski definition) is 3. The third-order valence-electron chi connectivity index (χ3n) is 3.76. The molecule has 1 unspecified atom stereocenters. The zero-order valence-electron chi connectivity index (χ0n) is 14.4. The van der Waals surface area contributed by atoms with Crippen LogP contribution >= 0.6 is 24.0 Å². The molecule has 1 heterocycles. The fraction of sp³-hybridized carbons (Fsp3) is 0.933. The van der Waals surface area contributed by atoms with E-state index in [1.165, 1.54) is 32.7 Å². The summed E-state index contributed by atoms with van der Waals surface area (Å²) >= 11 is 0. The summed E-state index contributed by atoms with van der Waals surface area (Å²) in [6, 6.07) is 0.924. The Hall–Kier alpha value is -0.0800. The summed E-state index contributed by atoms with van der Waals surface area (Å²) in [7, 11) is 0. The summed E-state index contributed by atoms with van der Waals surface area (Å²) in [6.45, 7) is 18.5. The molecule has 5 nitrogen and oxygen atoms in total. The second kappa shape index (κ2) is 11.5. The molecule has 0 aromatic carbocycles. The second-order valence-electron chi connectivity index (χ2n) is 5.84. The van der Waals surface area contributed by atoms with E-state index in [0.717, 1.165) is 19.0 Å². The molecular formula is C15H34IN5. The molecule has 0 aromatic heterocycles. The van der Waals surface area contributed by atoms with Crippen molar-refractivity contribution in [1.29, 1.82) is 0 Å². The van der Waals surface area contributed by atoms with E-state index in [1.807, 2.05) is 0 Å². The quantitative estimate of drug-likeness (QED) is 0.396. The van der Waals surface area contributed by atoms with Crippen LogP contribution in [0.1, 0.15) is 34.6 Å². The molecular weight excluding hydrogens is 377 g/mol. The minimum Gasteiger partial charge on any atom is -0.357 e. The van der Waals surface area contributed by atoms with Crippen LogP contribution < -0.4 is 10.6 Å². The molecule has 0 spiro atoms. The van der Waals surface area contributed by atoms with Gasteiger partial charge in [0.1, 0.15) is 0 Å². The molecule has 0 amide bonds. The van der Waals surface area contributed by atoms with E-state index in [9.17, 15) is 0 Å². The van der Waals surface area contributed by atoms with Gasteiger partial charge < -0.3 is 15.5 Å². The number of nitrogens with zero attached hydrogens (tertiary/aromatic N) is 3. The maximum absolute atomic E-state index is 4.71. The molecule has 1 atom stereocenters. The molecule has 0 aromatic rings. The van der Waals surface area contributed by atoms with Gasteiger partial charge in [0.05, 0.1) is 6.54 Å². The Morgan fingerprint density at radius 1 is 1.10 bits per heavy atom. The molecule has 1 rings (SSSR count). The number of halogens is 1. The van der Waals surface area contributed by atoms with Crippen molar-refractivity contribution in [3.8, 4) is 0 Å². The van der Waals surface area contributed by atoms with Crippen molar-refractivity contribution in [3.05, 3.63) is 0 Å². The average Bonchev–Trinajstić information content (AvgIpc) is 2.44. The van der Waals surface area contributed by atoms with Gasteiger partial charge in [-0.2, -0.15) is 0 Å². The van der Waals surface area contributed by atoms with Gasteiger partial charge in [0, 0.05) is 44.8 Å². The molecule has 1 aliphatic heterocycles. The Morgan fingerprint density at radius 3 is 2.19 bits per heavy atom. The summed E-state index contributed by atoms with van der Waals surface area (Å²) in [6.07, 6.45) is 0. The molecule has 6 heteroatoms. The van der Waals surface area contributed by atoms with Crippen molar-refractivity contribution in [2.45, 2.75) is 46.7 Å². The molecule has 2 N–H and O–H groups in total.